The molecule has 1 atom stereocenters. The van der Waals surface area contributed by atoms with E-state index in [0.29, 0.717) is 25.6 Å². The van der Waals surface area contributed by atoms with Gasteiger partial charge in [0.05, 0.1) is 12.7 Å². The Bertz CT molecular complexity index is 495. The smallest absolute Gasteiger partial charge is 0.261 e. The number of benzene rings is 1. The van der Waals surface area contributed by atoms with Gasteiger partial charge in [-0.15, -0.1) is 0 Å². The molecule has 1 heterocycles. The fourth-order valence-corrected chi connectivity index (χ4v) is 2.74. The average Bonchev–Trinajstić information content (AvgIpc) is 2.47. The Hall–Kier alpha value is -1.75. The van der Waals surface area contributed by atoms with E-state index >= 15 is 0 Å². The van der Waals surface area contributed by atoms with Gasteiger partial charge in [-0.05, 0) is 24.5 Å². The molecule has 1 fully saturated rings. The fraction of sp³-hybridized carbons (Fsp3) is 0.588. The molecule has 0 saturated carbocycles. The maximum absolute atomic E-state index is 12.5. The number of carbonyl (C=O) groups is 1. The zero-order chi connectivity index (χ0) is 16.1. The standard InChI is InChI=1S/C17H25NO4/c1-12(2)5-3-6-13-11-18(9-10-22-13)17(21)16-14(19)7-4-8-15(16)20/h4,7-8,12-13,19-20H,3,5-6,9-11H2,1-2H3/t13-/m0/s1. The minimum atomic E-state index is -0.340. The van der Waals surface area contributed by atoms with Crippen LogP contribution in [0.15, 0.2) is 18.2 Å². The molecule has 0 radical (unpaired) electrons. The van der Waals surface area contributed by atoms with Gasteiger partial charge in [-0.3, -0.25) is 4.79 Å². The minimum absolute atomic E-state index is 0.0228. The second-order valence-corrected chi connectivity index (χ2v) is 6.24. The summed E-state index contributed by atoms with van der Waals surface area (Å²) in [7, 11) is 0. The maximum Gasteiger partial charge on any atom is 0.261 e. The molecule has 122 valence electrons. The Labute approximate surface area is 131 Å². The summed E-state index contributed by atoms with van der Waals surface area (Å²) in [5, 5.41) is 19.6. The maximum atomic E-state index is 12.5. The van der Waals surface area contributed by atoms with Crippen molar-refractivity contribution in [3.05, 3.63) is 23.8 Å². The Morgan fingerprint density at radius 1 is 1.36 bits per heavy atom. The van der Waals surface area contributed by atoms with Gasteiger partial charge in [0.1, 0.15) is 17.1 Å². The average molecular weight is 307 g/mol. The molecule has 1 aromatic carbocycles. The molecule has 5 heteroatoms. The lowest BCUT2D eigenvalue weighted by Gasteiger charge is -2.33. The highest BCUT2D eigenvalue weighted by Gasteiger charge is 2.28. The number of phenols is 2. The third-order valence-electron chi connectivity index (χ3n) is 3.97. The van der Waals surface area contributed by atoms with Crippen LogP contribution in [-0.2, 0) is 4.74 Å². The highest BCUT2D eigenvalue weighted by Crippen LogP contribution is 2.28. The van der Waals surface area contributed by atoms with Crippen LogP contribution in [0.1, 0.15) is 43.5 Å². The summed E-state index contributed by atoms with van der Waals surface area (Å²) in [5.74, 6) is -0.0482. The Balaban J connectivity index is 1.98. The number of phenolic OH excluding ortho intramolecular Hbond substituents is 2. The number of hydrogen-bond acceptors (Lipinski definition) is 4. The van der Waals surface area contributed by atoms with E-state index < -0.39 is 0 Å². The predicted octanol–water partition coefficient (Wildman–Crippen LogP) is 2.77. The molecular formula is C17H25NO4. The van der Waals surface area contributed by atoms with Crippen LogP contribution in [0, 0.1) is 5.92 Å². The van der Waals surface area contributed by atoms with Crippen molar-refractivity contribution in [1.29, 1.82) is 0 Å². The molecule has 2 N–H and O–H groups in total. The lowest BCUT2D eigenvalue weighted by atomic mass is 10.0. The van der Waals surface area contributed by atoms with Crippen LogP contribution in [0.25, 0.3) is 0 Å². The fourth-order valence-electron chi connectivity index (χ4n) is 2.74. The number of rotatable bonds is 5. The van der Waals surface area contributed by atoms with Gasteiger partial charge >= 0.3 is 0 Å². The molecule has 0 bridgehead atoms. The van der Waals surface area contributed by atoms with Gasteiger partial charge in [0.2, 0.25) is 0 Å². The zero-order valence-electron chi connectivity index (χ0n) is 13.3. The predicted molar refractivity (Wildman–Crippen MR) is 84.1 cm³/mol. The summed E-state index contributed by atoms with van der Waals surface area (Å²) in [6.07, 6.45) is 3.18. The second kappa shape index (κ2) is 7.49. The van der Waals surface area contributed by atoms with E-state index in [4.69, 9.17) is 4.74 Å². The highest BCUT2D eigenvalue weighted by atomic mass is 16.5. The summed E-state index contributed by atoms with van der Waals surface area (Å²) < 4.78 is 5.72. The minimum Gasteiger partial charge on any atom is -0.507 e. The van der Waals surface area contributed by atoms with Crippen molar-refractivity contribution in [1.82, 2.24) is 4.90 Å². The topological polar surface area (TPSA) is 70.0 Å². The van der Waals surface area contributed by atoms with Crippen LogP contribution in [0.4, 0.5) is 0 Å². The van der Waals surface area contributed by atoms with E-state index in [0.717, 1.165) is 19.3 Å². The van der Waals surface area contributed by atoms with Crippen LogP contribution in [0.5, 0.6) is 11.5 Å². The molecule has 0 aromatic heterocycles. The van der Waals surface area contributed by atoms with Crippen molar-refractivity contribution in [2.75, 3.05) is 19.7 Å². The van der Waals surface area contributed by atoms with Crippen molar-refractivity contribution in [3.8, 4) is 11.5 Å². The van der Waals surface area contributed by atoms with Gasteiger partial charge in [-0.1, -0.05) is 32.8 Å². The van der Waals surface area contributed by atoms with Crippen LogP contribution in [0.3, 0.4) is 0 Å². The van der Waals surface area contributed by atoms with E-state index in [1.54, 1.807) is 4.90 Å². The zero-order valence-corrected chi connectivity index (χ0v) is 13.3. The number of ether oxygens (including phenoxy) is 1. The third-order valence-corrected chi connectivity index (χ3v) is 3.97. The first-order valence-corrected chi connectivity index (χ1v) is 7.91. The molecule has 1 amide bonds. The number of morpholine rings is 1. The van der Waals surface area contributed by atoms with Gasteiger partial charge in [0.15, 0.2) is 0 Å². The Kier molecular flexibility index (Phi) is 5.66. The first-order chi connectivity index (χ1) is 10.5. The van der Waals surface area contributed by atoms with Gasteiger partial charge in [0.25, 0.3) is 5.91 Å². The summed E-state index contributed by atoms with van der Waals surface area (Å²) in [4.78, 5) is 14.2. The quantitative estimate of drug-likeness (QED) is 0.877. The molecule has 0 unspecified atom stereocenters. The van der Waals surface area contributed by atoms with E-state index in [9.17, 15) is 15.0 Å². The third kappa shape index (κ3) is 4.13. The second-order valence-electron chi connectivity index (χ2n) is 6.24. The van der Waals surface area contributed by atoms with Crippen molar-refractivity contribution in [3.63, 3.8) is 0 Å². The SMILES string of the molecule is CC(C)CCC[C@H]1CN(C(=O)c2c(O)cccc2O)CCO1. The van der Waals surface area contributed by atoms with E-state index in [1.165, 1.54) is 18.2 Å². The normalized spacial score (nSPS) is 18.7. The van der Waals surface area contributed by atoms with Crippen molar-refractivity contribution < 1.29 is 19.7 Å². The Morgan fingerprint density at radius 2 is 2.05 bits per heavy atom. The largest absolute Gasteiger partial charge is 0.507 e. The highest BCUT2D eigenvalue weighted by molar-refractivity contribution is 5.99. The number of hydrogen-bond donors (Lipinski definition) is 2. The number of aromatic hydroxyl groups is 2. The number of nitrogens with zero attached hydrogens (tertiary/aromatic N) is 1. The molecule has 1 aliphatic rings. The molecule has 5 nitrogen and oxygen atoms in total. The number of amides is 1. The summed E-state index contributed by atoms with van der Waals surface area (Å²) in [5.41, 5.74) is -0.0228. The van der Waals surface area contributed by atoms with Gasteiger partial charge in [0, 0.05) is 13.1 Å². The first-order valence-electron chi connectivity index (χ1n) is 7.91. The molecule has 1 aromatic rings. The van der Waals surface area contributed by atoms with E-state index in [2.05, 4.69) is 13.8 Å². The molecule has 0 spiro atoms. The summed E-state index contributed by atoms with van der Waals surface area (Å²) >= 11 is 0. The molecule has 1 saturated heterocycles. The molecule has 22 heavy (non-hydrogen) atoms. The van der Waals surface area contributed by atoms with Crippen molar-refractivity contribution >= 4 is 5.91 Å². The first kappa shape index (κ1) is 16.6. The summed E-state index contributed by atoms with van der Waals surface area (Å²) in [6, 6.07) is 4.33. The molecule has 1 aliphatic heterocycles. The summed E-state index contributed by atoms with van der Waals surface area (Å²) in [6.45, 7) is 5.86. The van der Waals surface area contributed by atoms with Crippen LogP contribution in [-0.4, -0.2) is 46.8 Å². The molecule has 2 rings (SSSR count). The lowest BCUT2D eigenvalue weighted by Crippen LogP contribution is -2.45. The lowest BCUT2D eigenvalue weighted by molar-refractivity contribution is -0.0261. The van der Waals surface area contributed by atoms with Crippen LogP contribution in [0.2, 0.25) is 0 Å². The number of carbonyl (C=O) groups excluding carboxylic acids is 1. The van der Waals surface area contributed by atoms with Gasteiger partial charge in [-0.25, -0.2) is 0 Å². The van der Waals surface area contributed by atoms with Gasteiger partial charge in [-0.2, -0.15) is 0 Å². The van der Waals surface area contributed by atoms with E-state index in [-0.39, 0.29) is 29.1 Å². The Morgan fingerprint density at radius 3 is 2.68 bits per heavy atom. The van der Waals surface area contributed by atoms with Crippen LogP contribution < -0.4 is 0 Å². The van der Waals surface area contributed by atoms with E-state index in [1.807, 2.05) is 0 Å². The molecule has 0 aliphatic carbocycles. The molecular weight excluding hydrogens is 282 g/mol. The monoisotopic (exact) mass is 307 g/mol. The van der Waals surface area contributed by atoms with Crippen LogP contribution >= 0.6 is 0 Å². The van der Waals surface area contributed by atoms with Crippen molar-refractivity contribution in [2.24, 2.45) is 5.92 Å². The van der Waals surface area contributed by atoms with Crippen molar-refractivity contribution in [2.45, 2.75) is 39.2 Å². The van der Waals surface area contributed by atoms with Gasteiger partial charge < -0.3 is 19.8 Å².